The predicted molar refractivity (Wildman–Crippen MR) is 42.1 cm³/mol. The zero-order valence-corrected chi connectivity index (χ0v) is 7.05. The van der Waals surface area contributed by atoms with Crippen molar-refractivity contribution in [3.63, 3.8) is 0 Å². The highest BCUT2D eigenvalue weighted by atomic mass is 79.9. The second-order valence-electron chi connectivity index (χ2n) is 1.76. The van der Waals surface area contributed by atoms with Crippen LogP contribution in [0.5, 0.6) is 0 Å². The second-order valence-corrected chi connectivity index (χ2v) is 3.49. The number of nitrogens with one attached hydrogen (secondary N) is 1. The topological polar surface area (TPSA) is 12.0 Å². The molecule has 0 saturated carbocycles. The lowest BCUT2D eigenvalue weighted by Crippen LogP contribution is -2.16. The summed E-state index contributed by atoms with van der Waals surface area (Å²) in [5.41, 5.74) is 0. The molecule has 0 aromatic rings. The van der Waals surface area contributed by atoms with Crippen molar-refractivity contribution in [1.82, 2.24) is 4.72 Å². The maximum Gasteiger partial charge on any atom is 0.0462 e. The zero-order valence-electron chi connectivity index (χ0n) is 4.65. The van der Waals surface area contributed by atoms with Gasteiger partial charge in [0.2, 0.25) is 0 Å². The summed E-state index contributed by atoms with van der Waals surface area (Å²) in [5, 5.41) is 1.01. The molecule has 1 heterocycles. The first-order valence-electron chi connectivity index (χ1n) is 2.49. The molecule has 1 unspecified atom stereocenters. The largest absolute Gasteiger partial charge is 0.252 e. The SMILES string of the molecule is CC1=CC(CBr)NS1. The first-order chi connectivity index (χ1) is 3.83. The van der Waals surface area contributed by atoms with Crippen molar-refractivity contribution in [2.24, 2.45) is 0 Å². The van der Waals surface area contributed by atoms with Gasteiger partial charge in [0.25, 0.3) is 0 Å². The monoisotopic (exact) mass is 193 g/mol. The van der Waals surface area contributed by atoms with Crippen LogP contribution < -0.4 is 4.72 Å². The Bertz CT molecular complexity index is 113. The summed E-state index contributed by atoms with van der Waals surface area (Å²) in [5.74, 6) is 0. The Balaban J connectivity index is 2.41. The van der Waals surface area contributed by atoms with Gasteiger partial charge in [0.1, 0.15) is 0 Å². The molecule has 0 bridgehead atoms. The molecule has 8 heavy (non-hydrogen) atoms. The molecule has 0 radical (unpaired) electrons. The van der Waals surface area contributed by atoms with E-state index in [1.54, 1.807) is 11.9 Å². The van der Waals surface area contributed by atoms with Crippen LogP contribution in [0.1, 0.15) is 6.92 Å². The summed E-state index contributed by atoms with van der Waals surface area (Å²) < 4.78 is 3.23. The number of allylic oxidation sites excluding steroid dienone is 1. The van der Waals surface area contributed by atoms with E-state index in [1.165, 1.54) is 4.91 Å². The highest BCUT2D eigenvalue weighted by molar-refractivity contribution is 9.09. The molecule has 46 valence electrons. The van der Waals surface area contributed by atoms with E-state index in [0.717, 1.165) is 5.33 Å². The average molecular weight is 194 g/mol. The molecule has 0 saturated heterocycles. The van der Waals surface area contributed by atoms with Gasteiger partial charge in [-0.25, -0.2) is 0 Å². The fourth-order valence-corrected chi connectivity index (χ4v) is 1.88. The minimum Gasteiger partial charge on any atom is -0.252 e. The minimum absolute atomic E-state index is 0.542. The van der Waals surface area contributed by atoms with Crippen molar-refractivity contribution in [2.45, 2.75) is 13.0 Å². The van der Waals surface area contributed by atoms with Gasteiger partial charge in [0.15, 0.2) is 0 Å². The molecule has 3 heteroatoms. The summed E-state index contributed by atoms with van der Waals surface area (Å²) in [6.45, 7) is 2.11. The van der Waals surface area contributed by atoms with Crippen LogP contribution in [0.15, 0.2) is 11.0 Å². The quantitative estimate of drug-likeness (QED) is 0.505. The van der Waals surface area contributed by atoms with Crippen molar-refractivity contribution in [3.8, 4) is 0 Å². The van der Waals surface area contributed by atoms with Gasteiger partial charge >= 0.3 is 0 Å². The molecule has 1 aliphatic rings. The highest BCUT2D eigenvalue weighted by Crippen LogP contribution is 2.20. The van der Waals surface area contributed by atoms with Crippen molar-refractivity contribution >= 4 is 27.9 Å². The normalized spacial score (nSPS) is 28.2. The van der Waals surface area contributed by atoms with E-state index in [9.17, 15) is 0 Å². The molecular weight excluding hydrogens is 186 g/mol. The van der Waals surface area contributed by atoms with E-state index in [-0.39, 0.29) is 0 Å². The maximum atomic E-state index is 3.38. The molecule has 0 aromatic carbocycles. The smallest absolute Gasteiger partial charge is 0.0462 e. The average Bonchev–Trinajstić information content (AvgIpc) is 2.14. The Morgan fingerprint density at radius 1 is 2.00 bits per heavy atom. The summed E-state index contributed by atoms with van der Waals surface area (Å²) >= 11 is 5.09. The van der Waals surface area contributed by atoms with Crippen LogP contribution in [0, 0.1) is 0 Å². The van der Waals surface area contributed by atoms with E-state index in [2.05, 4.69) is 33.7 Å². The molecule has 0 aliphatic carbocycles. The Morgan fingerprint density at radius 3 is 3.00 bits per heavy atom. The van der Waals surface area contributed by atoms with Crippen LogP contribution in [0.2, 0.25) is 0 Å². The molecule has 0 spiro atoms. The molecule has 1 aliphatic heterocycles. The lowest BCUT2D eigenvalue weighted by atomic mass is 10.3. The number of alkyl halides is 1. The lowest BCUT2D eigenvalue weighted by molar-refractivity contribution is 0.887. The van der Waals surface area contributed by atoms with Crippen LogP contribution in [0.25, 0.3) is 0 Å². The third kappa shape index (κ3) is 1.50. The number of halogens is 1. The van der Waals surface area contributed by atoms with Gasteiger partial charge in [-0.3, -0.25) is 4.72 Å². The summed E-state index contributed by atoms with van der Waals surface area (Å²) in [4.78, 5) is 1.37. The van der Waals surface area contributed by atoms with Gasteiger partial charge in [-0.05, 0) is 23.8 Å². The standard InChI is InChI=1S/C5H8BrNS/c1-4-2-5(3-6)7-8-4/h2,5,7H,3H2,1H3. The van der Waals surface area contributed by atoms with E-state index in [1.807, 2.05) is 0 Å². The van der Waals surface area contributed by atoms with Gasteiger partial charge in [-0.2, -0.15) is 0 Å². The van der Waals surface area contributed by atoms with Crippen LogP contribution >= 0.6 is 27.9 Å². The van der Waals surface area contributed by atoms with Gasteiger partial charge in [0.05, 0.1) is 0 Å². The number of hydrogen-bond donors (Lipinski definition) is 1. The van der Waals surface area contributed by atoms with Crippen molar-refractivity contribution < 1.29 is 0 Å². The fraction of sp³-hybridized carbons (Fsp3) is 0.600. The third-order valence-corrected chi connectivity index (χ3v) is 2.55. The molecular formula is C5H8BrNS. The minimum atomic E-state index is 0.542. The predicted octanol–water partition coefficient (Wildman–Crippen LogP) is 1.91. The van der Waals surface area contributed by atoms with E-state index in [0.29, 0.717) is 6.04 Å². The second kappa shape index (κ2) is 2.90. The Hall–Kier alpha value is 0.530. The van der Waals surface area contributed by atoms with Gasteiger partial charge in [-0.1, -0.05) is 22.0 Å². The molecule has 1 atom stereocenters. The number of hydrogen-bond acceptors (Lipinski definition) is 2. The van der Waals surface area contributed by atoms with Gasteiger partial charge in [0, 0.05) is 11.4 Å². The molecule has 1 rings (SSSR count). The number of rotatable bonds is 1. The Kier molecular flexibility index (Phi) is 2.41. The fourth-order valence-electron chi connectivity index (χ4n) is 0.596. The first kappa shape index (κ1) is 6.65. The van der Waals surface area contributed by atoms with E-state index >= 15 is 0 Å². The summed E-state index contributed by atoms with van der Waals surface area (Å²) in [7, 11) is 0. The molecule has 0 fully saturated rings. The zero-order chi connectivity index (χ0) is 5.98. The molecule has 0 aromatic heterocycles. The Labute approximate surface area is 62.2 Å². The van der Waals surface area contributed by atoms with Crippen LogP contribution in [0.3, 0.4) is 0 Å². The van der Waals surface area contributed by atoms with Crippen molar-refractivity contribution in [3.05, 3.63) is 11.0 Å². The molecule has 0 amide bonds. The van der Waals surface area contributed by atoms with E-state index in [4.69, 9.17) is 0 Å². The lowest BCUT2D eigenvalue weighted by Gasteiger charge is -1.98. The van der Waals surface area contributed by atoms with Gasteiger partial charge in [-0.15, -0.1) is 0 Å². The molecule has 1 N–H and O–H groups in total. The third-order valence-electron chi connectivity index (χ3n) is 0.973. The van der Waals surface area contributed by atoms with Crippen LogP contribution in [-0.4, -0.2) is 11.4 Å². The molecule has 1 nitrogen and oxygen atoms in total. The van der Waals surface area contributed by atoms with Crippen molar-refractivity contribution in [2.75, 3.05) is 5.33 Å². The van der Waals surface area contributed by atoms with Gasteiger partial charge < -0.3 is 0 Å². The first-order valence-corrected chi connectivity index (χ1v) is 4.43. The van der Waals surface area contributed by atoms with Crippen molar-refractivity contribution in [1.29, 1.82) is 0 Å². The Morgan fingerprint density at radius 2 is 2.75 bits per heavy atom. The van der Waals surface area contributed by atoms with E-state index < -0.39 is 0 Å². The van der Waals surface area contributed by atoms with Crippen LogP contribution in [0.4, 0.5) is 0 Å². The maximum absolute atomic E-state index is 3.38. The summed E-state index contributed by atoms with van der Waals surface area (Å²) in [6, 6.07) is 0.542. The highest BCUT2D eigenvalue weighted by Gasteiger charge is 2.09. The van der Waals surface area contributed by atoms with Crippen LogP contribution in [-0.2, 0) is 0 Å². The summed E-state index contributed by atoms with van der Waals surface area (Å²) in [6.07, 6.45) is 2.22.